The molecule has 1 aliphatic heterocycles. The van der Waals surface area contributed by atoms with E-state index < -0.39 is 0 Å². The maximum absolute atomic E-state index is 10.8. The van der Waals surface area contributed by atoms with Crippen LogP contribution in [0.2, 0.25) is 0 Å². The van der Waals surface area contributed by atoms with Gasteiger partial charge in [-0.05, 0) is 0 Å². The zero-order valence-electron chi connectivity index (χ0n) is 6.08. The number of carbonyl (C=O) groups excluding carboxylic acids is 1. The summed E-state index contributed by atoms with van der Waals surface area (Å²) in [6.07, 6.45) is 3.69. The largest absolute Gasteiger partial charge is 0.503 e. The van der Waals surface area contributed by atoms with Crippen molar-refractivity contribution in [2.45, 2.75) is 12.8 Å². The lowest BCUT2D eigenvalue weighted by Crippen LogP contribution is -2.13. The number of aliphatic hydroxyl groups is 1. The van der Waals surface area contributed by atoms with Gasteiger partial charge in [0, 0.05) is 12.1 Å². The molecule has 0 aromatic rings. The van der Waals surface area contributed by atoms with Crippen LogP contribution in [0, 0.1) is 0 Å². The summed E-state index contributed by atoms with van der Waals surface area (Å²) in [5, 5.41) is 8.84. The van der Waals surface area contributed by atoms with Gasteiger partial charge < -0.3 is 5.11 Å². The van der Waals surface area contributed by atoms with Crippen LogP contribution >= 0.6 is 0 Å². The fourth-order valence-corrected chi connectivity index (χ4v) is 0.837. The van der Waals surface area contributed by atoms with E-state index in [4.69, 9.17) is 5.11 Å². The number of nitrogens with zero attached hydrogens (tertiary/aromatic N) is 1. The summed E-state index contributed by atoms with van der Waals surface area (Å²) in [6.45, 7) is 3.52. The highest BCUT2D eigenvalue weighted by molar-refractivity contribution is 6.10. The van der Waals surface area contributed by atoms with Crippen LogP contribution in [0.4, 0.5) is 0 Å². The van der Waals surface area contributed by atoms with Crippen molar-refractivity contribution in [1.29, 1.82) is 0 Å². The Morgan fingerprint density at radius 1 is 1.82 bits per heavy atom. The first-order valence-corrected chi connectivity index (χ1v) is 3.33. The third-order valence-corrected chi connectivity index (χ3v) is 1.40. The first kappa shape index (κ1) is 7.72. The highest BCUT2D eigenvalue weighted by atomic mass is 16.3. The van der Waals surface area contributed by atoms with Gasteiger partial charge in [-0.1, -0.05) is 6.08 Å². The monoisotopic (exact) mass is 151 g/mol. The molecule has 0 bridgehead atoms. The molecular weight excluding hydrogens is 142 g/mol. The Morgan fingerprint density at radius 2 is 2.55 bits per heavy atom. The van der Waals surface area contributed by atoms with E-state index in [1.54, 1.807) is 6.08 Å². The summed E-state index contributed by atoms with van der Waals surface area (Å²) in [4.78, 5) is 14.7. The average molecular weight is 151 g/mol. The summed E-state index contributed by atoms with van der Waals surface area (Å²) in [6, 6.07) is 0. The van der Waals surface area contributed by atoms with Crippen LogP contribution in [0.15, 0.2) is 29.6 Å². The van der Waals surface area contributed by atoms with E-state index in [9.17, 15) is 4.79 Å². The van der Waals surface area contributed by atoms with Crippen molar-refractivity contribution < 1.29 is 9.90 Å². The van der Waals surface area contributed by atoms with Gasteiger partial charge in [0.2, 0.25) is 5.78 Å². The second-order valence-corrected chi connectivity index (χ2v) is 2.30. The van der Waals surface area contributed by atoms with Crippen LogP contribution in [0.5, 0.6) is 0 Å². The van der Waals surface area contributed by atoms with E-state index >= 15 is 0 Å². The molecule has 1 aliphatic rings. The molecule has 0 saturated carbocycles. The number of Topliss-reactive ketones (excluding diaryl/α,β-unsaturated/α-hetero) is 1. The highest BCUT2D eigenvalue weighted by Crippen LogP contribution is 2.07. The second-order valence-electron chi connectivity index (χ2n) is 2.30. The molecule has 1 rings (SSSR count). The summed E-state index contributed by atoms with van der Waals surface area (Å²) in [7, 11) is 0. The topological polar surface area (TPSA) is 49.7 Å². The molecule has 0 amide bonds. The molecule has 58 valence electrons. The Labute approximate surface area is 64.8 Å². The number of aliphatic imine (C=N–C) groups is 1. The van der Waals surface area contributed by atoms with Gasteiger partial charge in [0.15, 0.2) is 5.76 Å². The number of ketones is 1. The number of hydrogen-bond donors (Lipinski definition) is 1. The SMILES string of the molecule is C=CCC1=NC=C(O)C(=O)C1. The van der Waals surface area contributed by atoms with Crippen LogP contribution < -0.4 is 0 Å². The Hall–Kier alpha value is -1.38. The fourth-order valence-electron chi connectivity index (χ4n) is 0.837. The van der Waals surface area contributed by atoms with Gasteiger partial charge >= 0.3 is 0 Å². The van der Waals surface area contributed by atoms with Gasteiger partial charge in [-0.15, -0.1) is 6.58 Å². The van der Waals surface area contributed by atoms with Crippen LogP contribution in [-0.2, 0) is 4.79 Å². The van der Waals surface area contributed by atoms with Crippen molar-refractivity contribution >= 4 is 11.5 Å². The van der Waals surface area contributed by atoms with Crippen LogP contribution in [0.25, 0.3) is 0 Å². The molecule has 3 nitrogen and oxygen atoms in total. The van der Waals surface area contributed by atoms with E-state index in [1.807, 2.05) is 0 Å². The molecule has 0 saturated heterocycles. The van der Waals surface area contributed by atoms with E-state index in [-0.39, 0.29) is 18.0 Å². The van der Waals surface area contributed by atoms with Crippen molar-refractivity contribution in [2.75, 3.05) is 0 Å². The van der Waals surface area contributed by atoms with Crippen LogP contribution in [-0.4, -0.2) is 16.6 Å². The van der Waals surface area contributed by atoms with E-state index in [0.717, 1.165) is 5.71 Å². The maximum atomic E-state index is 10.8. The van der Waals surface area contributed by atoms with Crippen molar-refractivity contribution in [3.05, 3.63) is 24.6 Å². The van der Waals surface area contributed by atoms with Crippen LogP contribution in [0.3, 0.4) is 0 Å². The standard InChI is InChI=1S/C8H9NO2/c1-2-3-6-4-7(10)8(11)5-9-6/h2,5,11H,1,3-4H2. The minimum atomic E-state index is -0.267. The smallest absolute Gasteiger partial charge is 0.204 e. The third-order valence-electron chi connectivity index (χ3n) is 1.40. The summed E-state index contributed by atoms with van der Waals surface area (Å²) < 4.78 is 0. The van der Waals surface area contributed by atoms with Crippen LogP contribution in [0.1, 0.15) is 12.8 Å². The zero-order valence-corrected chi connectivity index (χ0v) is 6.08. The molecule has 3 heteroatoms. The summed E-state index contributed by atoms with van der Waals surface area (Å²) in [5.74, 6) is -0.519. The quantitative estimate of drug-likeness (QED) is 0.606. The molecule has 1 N–H and O–H groups in total. The maximum Gasteiger partial charge on any atom is 0.204 e. The minimum Gasteiger partial charge on any atom is -0.503 e. The Bertz CT molecular complexity index is 251. The van der Waals surface area contributed by atoms with Crippen molar-refractivity contribution in [1.82, 2.24) is 0 Å². The molecule has 0 aliphatic carbocycles. The van der Waals surface area contributed by atoms with Gasteiger partial charge in [-0.25, -0.2) is 0 Å². The molecule has 0 spiro atoms. The first-order chi connectivity index (χ1) is 5.24. The number of rotatable bonds is 2. The number of aliphatic hydroxyl groups excluding tert-OH is 1. The van der Waals surface area contributed by atoms with Gasteiger partial charge in [-0.2, -0.15) is 0 Å². The molecular formula is C8H9NO2. The molecule has 0 aromatic carbocycles. The molecule has 0 fully saturated rings. The van der Waals surface area contributed by atoms with E-state index in [0.29, 0.717) is 6.42 Å². The van der Waals surface area contributed by atoms with Gasteiger partial charge in [0.1, 0.15) is 0 Å². The van der Waals surface area contributed by atoms with E-state index in [2.05, 4.69) is 11.6 Å². The molecule has 0 atom stereocenters. The molecule has 0 aromatic heterocycles. The van der Waals surface area contributed by atoms with E-state index in [1.165, 1.54) is 6.20 Å². The molecule has 11 heavy (non-hydrogen) atoms. The predicted octanol–water partition coefficient (Wildman–Crippen LogP) is 1.38. The lowest BCUT2D eigenvalue weighted by Gasteiger charge is -2.05. The summed E-state index contributed by atoms with van der Waals surface area (Å²) in [5.41, 5.74) is 0.753. The fraction of sp³-hybridized carbons (Fsp3) is 0.250. The normalized spacial score (nSPS) is 17.3. The molecule has 1 heterocycles. The zero-order chi connectivity index (χ0) is 8.27. The summed E-state index contributed by atoms with van der Waals surface area (Å²) >= 11 is 0. The van der Waals surface area contributed by atoms with Gasteiger partial charge in [-0.3, -0.25) is 9.79 Å². The number of carbonyl (C=O) groups is 1. The van der Waals surface area contributed by atoms with Gasteiger partial charge in [0.05, 0.1) is 12.6 Å². The van der Waals surface area contributed by atoms with Crippen molar-refractivity contribution in [3.8, 4) is 0 Å². The lowest BCUT2D eigenvalue weighted by molar-refractivity contribution is -0.117. The lowest BCUT2D eigenvalue weighted by atomic mass is 10.1. The first-order valence-electron chi connectivity index (χ1n) is 3.33. The molecule has 0 unspecified atom stereocenters. The molecule has 0 radical (unpaired) electrons. The Kier molecular flexibility index (Phi) is 2.21. The van der Waals surface area contributed by atoms with Crippen molar-refractivity contribution in [3.63, 3.8) is 0 Å². The second kappa shape index (κ2) is 3.14. The number of allylic oxidation sites excluding steroid dienone is 2. The average Bonchev–Trinajstić information content (AvgIpc) is 1.98. The van der Waals surface area contributed by atoms with Gasteiger partial charge in [0.25, 0.3) is 0 Å². The third kappa shape index (κ3) is 1.77. The predicted molar refractivity (Wildman–Crippen MR) is 42.6 cm³/mol. The Balaban J connectivity index is 2.73. The van der Waals surface area contributed by atoms with Crippen molar-refractivity contribution in [2.24, 2.45) is 4.99 Å². The highest BCUT2D eigenvalue weighted by Gasteiger charge is 2.14. The Morgan fingerprint density at radius 3 is 3.09 bits per heavy atom. The minimum absolute atomic E-state index is 0.217. The number of hydrogen-bond acceptors (Lipinski definition) is 3.